The summed E-state index contributed by atoms with van der Waals surface area (Å²) in [5, 5.41) is 6.01. The number of nitrogens with zero attached hydrogens (tertiary/aromatic N) is 1. The quantitative estimate of drug-likeness (QED) is 0.309. The second-order valence-electron chi connectivity index (χ2n) is 5.01. The molecule has 0 atom stereocenters. The number of para-hydroxylation sites is 1. The molecule has 5 nitrogen and oxygen atoms in total. The van der Waals surface area contributed by atoms with Crippen LogP contribution in [0.4, 0.5) is 5.69 Å². The fraction of sp³-hybridized carbons (Fsp3) is 0.0526. The van der Waals surface area contributed by atoms with Crippen LogP contribution in [0, 0.1) is 0 Å². The lowest BCUT2D eigenvalue weighted by Crippen LogP contribution is -2.07. The van der Waals surface area contributed by atoms with E-state index in [-0.39, 0.29) is 0 Å². The smallest absolute Gasteiger partial charge is 0.353 e. The van der Waals surface area contributed by atoms with Crippen molar-refractivity contribution in [1.82, 2.24) is 0 Å². The zero-order chi connectivity index (χ0) is 17.5. The van der Waals surface area contributed by atoms with Gasteiger partial charge in [-0.3, -0.25) is 5.43 Å². The molecule has 0 aliphatic carbocycles. The van der Waals surface area contributed by atoms with Crippen LogP contribution < -0.4 is 14.9 Å². The van der Waals surface area contributed by atoms with Crippen molar-refractivity contribution in [3.8, 4) is 11.5 Å². The minimum atomic E-state index is -0.402. The van der Waals surface area contributed by atoms with E-state index in [1.807, 2.05) is 35.7 Å². The number of thiophene rings is 1. The van der Waals surface area contributed by atoms with Crippen molar-refractivity contribution in [2.45, 2.75) is 0 Å². The first kappa shape index (κ1) is 16.7. The molecule has 0 saturated carbocycles. The summed E-state index contributed by atoms with van der Waals surface area (Å²) < 4.78 is 10.7. The average molecular weight is 352 g/mol. The normalized spacial score (nSPS) is 10.6. The number of nitrogens with one attached hydrogen (secondary N) is 1. The molecule has 126 valence electrons. The van der Waals surface area contributed by atoms with E-state index >= 15 is 0 Å². The van der Waals surface area contributed by atoms with E-state index in [0.717, 1.165) is 11.3 Å². The standard InChI is InChI=1S/C19H16N2O3S/c1-23-17-12-14(13-20-21-15-6-3-2-4-7-15)9-10-16(17)24-19(22)18-8-5-11-25-18/h2-13,21H,1H3. The van der Waals surface area contributed by atoms with Crippen molar-refractivity contribution in [3.63, 3.8) is 0 Å². The summed E-state index contributed by atoms with van der Waals surface area (Å²) in [6.07, 6.45) is 1.67. The zero-order valence-corrected chi connectivity index (χ0v) is 14.3. The minimum Gasteiger partial charge on any atom is -0.493 e. The number of anilines is 1. The molecule has 0 unspecified atom stereocenters. The van der Waals surface area contributed by atoms with Crippen LogP contribution in [0.3, 0.4) is 0 Å². The van der Waals surface area contributed by atoms with Crippen molar-refractivity contribution in [2.24, 2.45) is 5.10 Å². The molecule has 0 aliphatic heterocycles. The van der Waals surface area contributed by atoms with Gasteiger partial charge in [-0.2, -0.15) is 5.10 Å². The third-order valence-corrected chi connectivity index (χ3v) is 4.14. The number of benzene rings is 2. The lowest BCUT2D eigenvalue weighted by atomic mass is 10.2. The Morgan fingerprint density at radius 2 is 1.92 bits per heavy atom. The predicted octanol–water partition coefficient (Wildman–Crippen LogP) is 4.42. The zero-order valence-electron chi connectivity index (χ0n) is 13.5. The molecule has 2 aromatic carbocycles. The molecule has 0 spiro atoms. The second-order valence-corrected chi connectivity index (χ2v) is 5.96. The lowest BCUT2D eigenvalue weighted by Gasteiger charge is -2.09. The first-order valence-electron chi connectivity index (χ1n) is 7.54. The van der Waals surface area contributed by atoms with Crippen LogP contribution in [0.5, 0.6) is 11.5 Å². The Kier molecular flexibility index (Phi) is 5.43. The maximum Gasteiger partial charge on any atom is 0.353 e. The molecule has 25 heavy (non-hydrogen) atoms. The summed E-state index contributed by atoms with van der Waals surface area (Å²) in [7, 11) is 1.53. The monoisotopic (exact) mass is 352 g/mol. The Balaban J connectivity index is 1.70. The first-order valence-corrected chi connectivity index (χ1v) is 8.42. The van der Waals surface area contributed by atoms with Gasteiger partial charge in [0.15, 0.2) is 11.5 Å². The van der Waals surface area contributed by atoms with Gasteiger partial charge in [0, 0.05) is 0 Å². The summed E-state index contributed by atoms with van der Waals surface area (Å²) in [6.45, 7) is 0. The third kappa shape index (κ3) is 4.45. The van der Waals surface area contributed by atoms with Crippen LogP contribution in [0.1, 0.15) is 15.2 Å². The van der Waals surface area contributed by atoms with Crippen LogP contribution in [0.15, 0.2) is 71.1 Å². The second kappa shape index (κ2) is 8.12. The summed E-state index contributed by atoms with van der Waals surface area (Å²) in [5.74, 6) is 0.433. The summed E-state index contributed by atoms with van der Waals surface area (Å²) in [5.41, 5.74) is 4.65. The van der Waals surface area contributed by atoms with Gasteiger partial charge in [-0.05, 0) is 47.3 Å². The van der Waals surface area contributed by atoms with Crippen LogP contribution in [-0.4, -0.2) is 19.3 Å². The molecule has 0 amide bonds. The van der Waals surface area contributed by atoms with Gasteiger partial charge in [-0.15, -0.1) is 11.3 Å². The lowest BCUT2D eigenvalue weighted by molar-refractivity contribution is 0.0735. The van der Waals surface area contributed by atoms with Gasteiger partial charge in [0.2, 0.25) is 0 Å². The van der Waals surface area contributed by atoms with E-state index in [9.17, 15) is 4.79 Å². The average Bonchev–Trinajstić information content (AvgIpc) is 3.18. The highest BCUT2D eigenvalue weighted by atomic mass is 32.1. The Morgan fingerprint density at radius 3 is 2.64 bits per heavy atom. The number of hydrogen-bond acceptors (Lipinski definition) is 6. The summed E-state index contributed by atoms with van der Waals surface area (Å²) in [6, 6.07) is 18.4. The molecule has 6 heteroatoms. The van der Waals surface area contributed by atoms with Crippen LogP contribution in [0.2, 0.25) is 0 Å². The van der Waals surface area contributed by atoms with E-state index in [1.54, 1.807) is 36.5 Å². The number of hydrogen-bond donors (Lipinski definition) is 1. The van der Waals surface area contributed by atoms with Crippen molar-refractivity contribution >= 4 is 29.2 Å². The largest absolute Gasteiger partial charge is 0.493 e. The van der Waals surface area contributed by atoms with Gasteiger partial charge >= 0.3 is 5.97 Å². The van der Waals surface area contributed by atoms with Crippen molar-refractivity contribution in [3.05, 3.63) is 76.5 Å². The number of rotatable bonds is 6. The number of hydrazone groups is 1. The van der Waals surface area contributed by atoms with Gasteiger partial charge in [-0.1, -0.05) is 24.3 Å². The molecular weight excluding hydrogens is 336 g/mol. The molecule has 0 saturated heterocycles. The Labute approximate surface area is 149 Å². The highest BCUT2D eigenvalue weighted by Crippen LogP contribution is 2.28. The van der Waals surface area contributed by atoms with Crippen LogP contribution in [0.25, 0.3) is 0 Å². The predicted molar refractivity (Wildman–Crippen MR) is 99.9 cm³/mol. The molecule has 1 N–H and O–H groups in total. The van der Waals surface area contributed by atoms with Gasteiger partial charge in [0.25, 0.3) is 0 Å². The van der Waals surface area contributed by atoms with Crippen LogP contribution in [-0.2, 0) is 0 Å². The Morgan fingerprint density at radius 1 is 1.08 bits per heavy atom. The number of carbonyl (C=O) groups is 1. The van der Waals surface area contributed by atoms with E-state index in [4.69, 9.17) is 9.47 Å². The maximum absolute atomic E-state index is 12.1. The number of ether oxygens (including phenoxy) is 2. The van der Waals surface area contributed by atoms with E-state index in [0.29, 0.717) is 16.4 Å². The maximum atomic E-state index is 12.1. The summed E-state index contributed by atoms with van der Waals surface area (Å²) in [4.78, 5) is 12.6. The molecule has 1 aromatic heterocycles. The molecule has 0 radical (unpaired) electrons. The third-order valence-electron chi connectivity index (χ3n) is 3.29. The van der Waals surface area contributed by atoms with Crippen molar-refractivity contribution < 1.29 is 14.3 Å². The Bertz CT molecular complexity index is 862. The Hall–Kier alpha value is -3.12. The van der Waals surface area contributed by atoms with E-state index in [2.05, 4.69) is 10.5 Å². The van der Waals surface area contributed by atoms with Gasteiger partial charge in [0.1, 0.15) is 4.88 Å². The molecule has 1 heterocycles. The number of methoxy groups -OCH3 is 1. The molecule has 3 rings (SSSR count). The fourth-order valence-corrected chi connectivity index (χ4v) is 2.69. The van der Waals surface area contributed by atoms with Crippen molar-refractivity contribution in [2.75, 3.05) is 12.5 Å². The number of esters is 1. The highest BCUT2D eigenvalue weighted by molar-refractivity contribution is 7.12. The van der Waals surface area contributed by atoms with Gasteiger partial charge < -0.3 is 9.47 Å². The van der Waals surface area contributed by atoms with Crippen LogP contribution >= 0.6 is 11.3 Å². The molecule has 0 bridgehead atoms. The first-order chi connectivity index (χ1) is 12.3. The molecular formula is C19H16N2O3S. The minimum absolute atomic E-state index is 0.370. The highest BCUT2D eigenvalue weighted by Gasteiger charge is 2.13. The molecule has 0 aliphatic rings. The topological polar surface area (TPSA) is 59.9 Å². The molecule has 3 aromatic rings. The van der Waals surface area contributed by atoms with E-state index in [1.165, 1.54) is 18.4 Å². The fourth-order valence-electron chi connectivity index (χ4n) is 2.09. The van der Waals surface area contributed by atoms with Gasteiger partial charge in [-0.25, -0.2) is 4.79 Å². The number of carbonyl (C=O) groups excluding carboxylic acids is 1. The SMILES string of the molecule is COc1cc(C=NNc2ccccc2)ccc1OC(=O)c1cccs1. The van der Waals surface area contributed by atoms with E-state index < -0.39 is 5.97 Å². The van der Waals surface area contributed by atoms with Gasteiger partial charge in [0.05, 0.1) is 19.0 Å². The van der Waals surface area contributed by atoms with Crippen molar-refractivity contribution in [1.29, 1.82) is 0 Å². The molecule has 0 fully saturated rings. The summed E-state index contributed by atoms with van der Waals surface area (Å²) >= 11 is 1.33.